The molecule has 1 aliphatic heterocycles. The van der Waals surface area contributed by atoms with Crippen LogP contribution in [0.4, 0.5) is 0 Å². The van der Waals surface area contributed by atoms with E-state index in [-0.39, 0.29) is 47.4 Å². The van der Waals surface area contributed by atoms with Crippen LogP contribution in [0.1, 0.15) is 127 Å². The van der Waals surface area contributed by atoms with E-state index >= 15 is 0 Å². The molecule has 0 saturated carbocycles. The van der Waals surface area contributed by atoms with Gasteiger partial charge in [0.25, 0.3) is 0 Å². The fourth-order valence-electron chi connectivity index (χ4n) is 4.64. The van der Waals surface area contributed by atoms with Gasteiger partial charge in [-0.2, -0.15) is 0 Å². The molecule has 1 N–H and O–H groups in total. The lowest BCUT2D eigenvalue weighted by Crippen LogP contribution is -2.55. The number of aliphatic hydroxyl groups is 1. The van der Waals surface area contributed by atoms with Gasteiger partial charge in [0.2, 0.25) is 0 Å². The van der Waals surface area contributed by atoms with E-state index < -0.39 is 0 Å². The summed E-state index contributed by atoms with van der Waals surface area (Å²) in [6.07, 6.45) is 6.95. The average molecular weight is 470 g/mol. The fraction of sp³-hybridized carbons (Fsp3) is 0.929. The molecule has 1 aliphatic rings. The normalized spacial score (nSPS) is 20.5. The third kappa shape index (κ3) is 10.9. The van der Waals surface area contributed by atoms with Gasteiger partial charge in [-0.05, 0) is 65.7 Å². The molecule has 0 spiro atoms. The van der Waals surface area contributed by atoms with Crippen molar-refractivity contribution in [1.82, 2.24) is 4.90 Å². The van der Waals surface area contributed by atoms with Gasteiger partial charge in [0.15, 0.2) is 0 Å². The Labute approximate surface area is 205 Å². The number of carbonyl (C=O) groups excluding carboxylic acids is 2. The second-order valence-corrected chi connectivity index (χ2v) is 11.5. The minimum absolute atomic E-state index is 0.0821. The van der Waals surface area contributed by atoms with E-state index in [1.54, 1.807) is 0 Å². The highest BCUT2D eigenvalue weighted by Gasteiger charge is 2.41. The molecule has 0 aromatic heterocycles. The first-order valence-electron chi connectivity index (χ1n) is 13.3. The number of carbonyl (C=O) groups is 2. The van der Waals surface area contributed by atoms with Crippen LogP contribution >= 0.6 is 0 Å². The third-order valence-electron chi connectivity index (χ3n) is 8.05. The second kappa shape index (κ2) is 14.5. The van der Waals surface area contributed by atoms with Gasteiger partial charge < -0.3 is 9.84 Å². The molecule has 1 atom stereocenters. The van der Waals surface area contributed by atoms with E-state index in [0.717, 1.165) is 31.6 Å². The van der Waals surface area contributed by atoms with Crippen LogP contribution in [0, 0.1) is 11.3 Å². The topological polar surface area (TPSA) is 66.8 Å². The number of ketones is 1. The van der Waals surface area contributed by atoms with Crippen molar-refractivity contribution in [1.29, 1.82) is 0 Å². The van der Waals surface area contributed by atoms with Gasteiger partial charge in [0.05, 0.1) is 19.1 Å². The van der Waals surface area contributed by atoms with Crippen LogP contribution in [0.2, 0.25) is 0 Å². The van der Waals surface area contributed by atoms with Gasteiger partial charge in [-0.15, -0.1) is 0 Å². The van der Waals surface area contributed by atoms with Crippen molar-refractivity contribution in [2.75, 3.05) is 13.2 Å². The molecule has 196 valence electrons. The lowest BCUT2D eigenvalue weighted by Gasteiger charge is -2.47. The van der Waals surface area contributed by atoms with Crippen LogP contribution in [-0.4, -0.2) is 52.1 Å². The molecule has 0 aromatic rings. The minimum Gasteiger partial charge on any atom is -0.465 e. The Morgan fingerprint density at radius 3 is 2.03 bits per heavy atom. The SMILES string of the molecule is CCC(C)(CC)C(=O)CCOC(=O)CCN1C(C)(C)CCC(O)CC1(C)C.CCC(C)CC. The smallest absolute Gasteiger partial charge is 0.307 e. The molecule has 5 nitrogen and oxygen atoms in total. The van der Waals surface area contributed by atoms with Gasteiger partial charge >= 0.3 is 5.97 Å². The maximum absolute atomic E-state index is 12.3. The van der Waals surface area contributed by atoms with Crippen LogP contribution in [0.15, 0.2) is 0 Å². The summed E-state index contributed by atoms with van der Waals surface area (Å²) in [5.74, 6) is 0.850. The molecular weight excluding hydrogens is 414 g/mol. The maximum atomic E-state index is 12.3. The number of hydrogen-bond acceptors (Lipinski definition) is 5. The van der Waals surface area contributed by atoms with E-state index in [1.807, 2.05) is 20.8 Å². The summed E-state index contributed by atoms with van der Waals surface area (Å²) >= 11 is 0. The summed E-state index contributed by atoms with van der Waals surface area (Å²) in [4.78, 5) is 26.9. The maximum Gasteiger partial charge on any atom is 0.307 e. The molecule has 1 rings (SSSR count). The number of nitrogens with zero attached hydrogens (tertiary/aromatic N) is 1. The van der Waals surface area contributed by atoms with Crippen LogP contribution in [0.3, 0.4) is 0 Å². The summed E-state index contributed by atoms with van der Waals surface area (Å²) < 4.78 is 5.34. The predicted octanol–water partition coefficient (Wildman–Crippen LogP) is 6.55. The summed E-state index contributed by atoms with van der Waals surface area (Å²) in [5.41, 5.74) is -0.575. The standard InChI is InChI=1S/C22H41NO4.C6H14/c1-8-22(7,9-2)18(25)12-15-27-19(26)11-14-23-20(3,4)13-10-17(24)16-21(23,5)6;1-4-6(3)5-2/h17,24H,8-16H2,1-7H3;6H,4-5H2,1-3H3. The van der Waals surface area contributed by atoms with E-state index in [1.165, 1.54) is 12.8 Å². The number of aliphatic hydroxyl groups excluding tert-OH is 1. The van der Waals surface area contributed by atoms with Crippen molar-refractivity contribution in [3.8, 4) is 0 Å². The summed E-state index contributed by atoms with van der Waals surface area (Å²) in [7, 11) is 0. The molecule has 1 unspecified atom stereocenters. The lowest BCUT2D eigenvalue weighted by molar-refractivity contribution is -0.146. The summed E-state index contributed by atoms with van der Waals surface area (Å²) in [6, 6.07) is 0. The van der Waals surface area contributed by atoms with Crippen molar-refractivity contribution in [2.45, 2.75) is 144 Å². The number of rotatable bonds is 11. The molecule has 1 heterocycles. The molecule has 0 aliphatic carbocycles. The molecule has 0 bridgehead atoms. The van der Waals surface area contributed by atoms with Gasteiger partial charge in [0.1, 0.15) is 5.78 Å². The predicted molar refractivity (Wildman–Crippen MR) is 138 cm³/mol. The van der Waals surface area contributed by atoms with Gasteiger partial charge in [0, 0.05) is 29.5 Å². The number of Topliss-reactive ketones (excluding diaryl/α,β-unsaturated/α-hetero) is 1. The molecule has 1 fully saturated rings. The van der Waals surface area contributed by atoms with Gasteiger partial charge in [-0.25, -0.2) is 0 Å². The molecular formula is C28H55NO4. The van der Waals surface area contributed by atoms with Crippen molar-refractivity contribution in [3.05, 3.63) is 0 Å². The second-order valence-electron chi connectivity index (χ2n) is 11.5. The molecule has 33 heavy (non-hydrogen) atoms. The van der Waals surface area contributed by atoms with Crippen LogP contribution < -0.4 is 0 Å². The highest BCUT2D eigenvalue weighted by atomic mass is 16.5. The molecule has 0 radical (unpaired) electrons. The monoisotopic (exact) mass is 469 g/mol. The van der Waals surface area contributed by atoms with Crippen molar-refractivity contribution >= 4 is 11.8 Å². The Bertz CT molecular complexity index is 576. The Morgan fingerprint density at radius 1 is 1.03 bits per heavy atom. The highest BCUT2D eigenvalue weighted by Crippen LogP contribution is 2.37. The van der Waals surface area contributed by atoms with Crippen LogP contribution in [0.25, 0.3) is 0 Å². The molecule has 0 aromatic carbocycles. The zero-order valence-electron chi connectivity index (χ0n) is 23.6. The largest absolute Gasteiger partial charge is 0.465 e. The van der Waals surface area contributed by atoms with E-state index in [2.05, 4.69) is 53.4 Å². The van der Waals surface area contributed by atoms with Gasteiger partial charge in [-0.1, -0.05) is 54.4 Å². The first kappa shape index (κ1) is 32.1. The fourth-order valence-corrected chi connectivity index (χ4v) is 4.64. The Morgan fingerprint density at radius 2 is 1.58 bits per heavy atom. The quantitative estimate of drug-likeness (QED) is 0.347. The minimum atomic E-state index is -0.312. The van der Waals surface area contributed by atoms with E-state index in [9.17, 15) is 14.7 Å². The number of hydrogen-bond donors (Lipinski definition) is 1. The summed E-state index contributed by atoms with van der Waals surface area (Å²) in [5, 5.41) is 10.2. The Kier molecular flexibility index (Phi) is 14.0. The van der Waals surface area contributed by atoms with Gasteiger partial charge in [-0.3, -0.25) is 14.5 Å². The average Bonchev–Trinajstić information content (AvgIpc) is 2.83. The number of esters is 1. The first-order chi connectivity index (χ1) is 15.2. The van der Waals surface area contributed by atoms with Crippen molar-refractivity contribution < 1.29 is 19.4 Å². The number of ether oxygens (including phenoxy) is 1. The van der Waals surface area contributed by atoms with Crippen LogP contribution in [-0.2, 0) is 14.3 Å². The third-order valence-corrected chi connectivity index (χ3v) is 8.05. The summed E-state index contributed by atoms with van der Waals surface area (Å²) in [6.45, 7) is 22.1. The van der Waals surface area contributed by atoms with E-state index in [4.69, 9.17) is 4.74 Å². The van der Waals surface area contributed by atoms with E-state index in [0.29, 0.717) is 19.4 Å². The van der Waals surface area contributed by atoms with Crippen molar-refractivity contribution in [2.24, 2.45) is 11.3 Å². The Balaban J connectivity index is 0.00000150. The zero-order chi connectivity index (χ0) is 25.9. The van der Waals surface area contributed by atoms with Crippen molar-refractivity contribution in [3.63, 3.8) is 0 Å². The van der Waals surface area contributed by atoms with Crippen LogP contribution in [0.5, 0.6) is 0 Å². The zero-order valence-corrected chi connectivity index (χ0v) is 23.6. The highest BCUT2D eigenvalue weighted by molar-refractivity contribution is 5.84. The Hall–Kier alpha value is -0.940. The number of likely N-dealkylation sites (tertiary alicyclic amines) is 1. The molecule has 0 amide bonds. The molecule has 5 heteroatoms. The lowest BCUT2D eigenvalue weighted by atomic mass is 9.79. The first-order valence-corrected chi connectivity index (χ1v) is 13.3. The molecule has 1 saturated heterocycles.